The number of aliphatic hydroxyl groups is 1. The lowest BCUT2D eigenvalue weighted by Crippen LogP contribution is -2.38. The first-order chi connectivity index (χ1) is 8.08. The van der Waals surface area contributed by atoms with E-state index in [0.29, 0.717) is 5.70 Å². The standard InChI is InChI=1S/C13H17NO3/c1-3-10-4-6-11(7-5-10)9(2)14-12(8-15)13(16)17/h4-7,12,14-15H,2-3,8H2,1H3,(H,16,17). The first kappa shape index (κ1) is 13.3. The van der Waals surface area contributed by atoms with Gasteiger partial charge in [0.1, 0.15) is 6.04 Å². The molecule has 0 aliphatic rings. The topological polar surface area (TPSA) is 69.6 Å². The number of carbonyl (C=O) groups is 1. The summed E-state index contributed by atoms with van der Waals surface area (Å²) in [5.74, 6) is -1.10. The molecule has 0 aliphatic heterocycles. The van der Waals surface area contributed by atoms with Crippen LogP contribution in [0.5, 0.6) is 0 Å². The van der Waals surface area contributed by atoms with E-state index in [4.69, 9.17) is 10.2 Å². The van der Waals surface area contributed by atoms with Gasteiger partial charge in [0.2, 0.25) is 0 Å². The van der Waals surface area contributed by atoms with E-state index in [1.165, 1.54) is 5.56 Å². The summed E-state index contributed by atoms with van der Waals surface area (Å²) in [5.41, 5.74) is 2.52. The maximum Gasteiger partial charge on any atom is 0.328 e. The molecule has 0 radical (unpaired) electrons. The maximum absolute atomic E-state index is 10.7. The van der Waals surface area contributed by atoms with E-state index in [-0.39, 0.29) is 0 Å². The minimum absolute atomic E-state index is 0.471. The molecule has 1 aromatic rings. The van der Waals surface area contributed by atoms with Crippen LogP contribution in [0.3, 0.4) is 0 Å². The fraction of sp³-hybridized carbons (Fsp3) is 0.308. The third-order valence-corrected chi connectivity index (χ3v) is 2.54. The first-order valence-electron chi connectivity index (χ1n) is 5.47. The van der Waals surface area contributed by atoms with Crippen molar-refractivity contribution < 1.29 is 15.0 Å². The summed E-state index contributed by atoms with van der Waals surface area (Å²) in [7, 11) is 0. The molecule has 0 heterocycles. The van der Waals surface area contributed by atoms with E-state index in [1.54, 1.807) is 0 Å². The molecule has 0 saturated heterocycles. The second kappa shape index (κ2) is 6.06. The molecule has 0 aromatic heterocycles. The summed E-state index contributed by atoms with van der Waals surface area (Å²) < 4.78 is 0. The summed E-state index contributed by atoms with van der Waals surface area (Å²) >= 11 is 0. The Kier molecular flexibility index (Phi) is 4.72. The van der Waals surface area contributed by atoms with Crippen LogP contribution in [0.1, 0.15) is 18.1 Å². The number of rotatable bonds is 6. The molecule has 0 fully saturated rings. The van der Waals surface area contributed by atoms with E-state index in [2.05, 4.69) is 18.8 Å². The van der Waals surface area contributed by atoms with Crippen molar-refractivity contribution in [1.82, 2.24) is 5.32 Å². The van der Waals surface area contributed by atoms with Gasteiger partial charge in [-0.3, -0.25) is 0 Å². The van der Waals surface area contributed by atoms with Gasteiger partial charge in [-0.2, -0.15) is 0 Å². The minimum Gasteiger partial charge on any atom is -0.480 e. The Balaban J connectivity index is 2.72. The van der Waals surface area contributed by atoms with Crippen molar-refractivity contribution >= 4 is 11.7 Å². The molecule has 4 heteroatoms. The van der Waals surface area contributed by atoms with Crippen LogP contribution in [-0.2, 0) is 11.2 Å². The molecule has 1 unspecified atom stereocenters. The van der Waals surface area contributed by atoms with Gasteiger partial charge in [-0.15, -0.1) is 0 Å². The zero-order valence-electron chi connectivity index (χ0n) is 9.81. The molecule has 1 rings (SSSR count). The molecule has 3 N–H and O–H groups in total. The second-order valence-corrected chi connectivity index (χ2v) is 3.75. The Bertz CT molecular complexity index is 398. The molecule has 0 bridgehead atoms. The predicted molar refractivity (Wildman–Crippen MR) is 66.5 cm³/mol. The Labute approximate surface area is 101 Å². The molecule has 1 aromatic carbocycles. The van der Waals surface area contributed by atoms with Crippen molar-refractivity contribution in [2.24, 2.45) is 0 Å². The number of aryl methyl sites for hydroxylation is 1. The monoisotopic (exact) mass is 235 g/mol. The average molecular weight is 235 g/mol. The summed E-state index contributed by atoms with van der Waals surface area (Å²) in [6, 6.07) is 6.68. The first-order valence-corrected chi connectivity index (χ1v) is 5.47. The lowest BCUT2D eigenvalue weighted by atomic mass is 10.1. The number of aliphatic carboxylic acids is 1. The van der Waals surface area contributed by atoms with Crippen molar-refractivity contribution in [3.63, 3.8) is 0 Å². The van der Waals surface area contributed by atoms with Gasteiger partial charge >= 0.3 is 5.97 Å². The van der Waals surface area contributed by atoms with Crippen LogP contribution in [0.15, 0.2) is 30.8 Å². The predicted octanol–water partition coefficient (Wildman–Crippen LogP) is 1.25. The van der Waals surface area contributed by atoms with Gasteiger partial charge in [0.05, 0.1) is 6.61 Å². The highest BCUT2D eigenvalue weighted by atomic mass is 16.4. The van der Waals surface area contributed by atoms with E-state index < -0.39 is 18.6 Å². The second-order valence-electron chi connectivity index (χ2n) is 3.75. The van der Waals surface area contributed by atoms with Crippen molar-refractivity contribution in [3.05, 3.63) is 42.0 Å². The summed E-state index contributed by atoms with van der Waals surface area (Å²) in [6.07, 6.45) is 0.953. The Hall–Kier alpha value is -1.81. The van der Waals surface area contributed by atoms with E-state index in [0.717, 1.165) is 12.0 Å². The maximum atomic E-state index is 10.7. The fourth-order valence-corrected chi connectivity index (χ4v) is 1.42. The summed E-state index contributed by atoms with van der Waals surface area (Å²) in [5, 5.41) is 20.4. The third kappa shape index (κ3) is 3.60. The average Bonchev–Trinajstić information content (AvgIpc) is 2.35. The largest absolute Gasteiger partial charge is 0.480 e. The Morgan fingerprint density at radius 2 is 2.00 bits per heavy atom. The summed E-state index contributed by atoms with van der Waals surface area (Å²) in [4.78, 5) is 10.7. The highest BCUT2D eigenvalue weighted by molar-refractivity contribution is 5.76. The molecule has 4 nitrogen and oxygen atoms in total. The smallest absolute Gasteiger partial charge is 0.328 e. The number of aliphatic hydroxyl groups excluding tert-OH is 1. The molecule has 0 amide bonds. The number of carboxylic acids is 1. The molecule has 0 aliphatic carbocycles. The van der Waals surface area contributed by atoms with E-state index >= 15 is 0 Å². The van der Waals surface area contributed by atoms with Gasteiger partial charge in [-0.25, -0.2) is 4.79 Å². The molecular weight excluding hydrogens is 218 g/mol. The molecule has 92 valence electrons. The zero-order valence-corrected chi connectivity index (χ0v) is 9.81. The van der Waals surface area contributed by atoms with Crippen LogP contribution >= 0.6 is 0 Å². The van der Waals surface area contributed by atoms with Crippen LogP contribution in [0.4, 0.5) is 0 Å². The van der Waals surface area contributed by atoms with Crippen LogP contribution in [0, 0.1) is 0 Å². The van der Waals surface area contributed by atoms with Crippen LogP contribution in [-0.4, -0.2) is 28.8 Å². The van der Waals surface area contributed by atoms with Gasteiger partial charge in [-0.1, -0.05) is 37.8 Å². The van der Waals surface area contributed by atoms with Crippen molar-refractivity contribution in [1.29, 1.82) is 0 Å². The Morgan fingerprint density at radius 1 is 1.41 bits per heavy atom. The molecule has 1 atom stereocenters. The number of benzene rings is 1. The molecule has 0 saturated carbocycles. The van der Waals surface area contributed by atoms with Gasteiger partial charge in [0.25, 0.3) is 0 Å². The SMILES string of the molecule is C=C(NC(CO)C(=O)O)c1ccc(CC)cc1. The number of hydrogen-bond donors (Lipinski definition) is 3. The molecule has 0 spiro atoms. The quantitative estimate of drug-likeness (QED) is 0.694. The molecular formula is C13H17NO3. The lowest BCUT2D eigenvalue weighted by molar-refractivity contribution is -0.140. The number of carboxylic acid groups (broad SMARTS) is 1. The Morgan fingerprint density at radius 3 is 2.41 bits per heavy atom. The molecule has 17 heavy (non-hydrogen) atoms. The number of nitrogens with one attached hydrogen (secondary N) is 1. The van der Waals surface area contributed by atoms with Gasteiger partial charge < -0.3 is 15.5 Å². The van der Waals surface area contributed by atoms with Crippen LogP contribution < -0.4 is 5.32 Å². The lowest BCUT2D eigenvalue weighted by Gasteiger charge is -2.15. The minimum atomic E-state index is -1.10. The van der Waals surface area contributed by atoms with E-state index in [9.17, 15) is 4.79 Å². The zero-order chi connectivity index (χ0) is 12.8. The van der Waals surface area contributed by atoms with Gasteiger partial charge in [0, 0.05) is 5.70 Å². The summed E-state index contributed by atoms with van der Waals surface area (Å²) in [6.45, 7) is 5.36. The highest BCUT2D eigenvalue weighted by Crippen LogP contribution is 2.12. The van der Waals surface area contributed by atoms with Gasteiger partial charge in [-0.05, 0) is 17.5 Å². The van der Waals surface area contributed by atoms with Crippen LogP contribution in [0.2, 0.25) is 0 Å². The fourth-order valence-electron chi connectivity index (χ4n) is 1.42. The van der Waals surface area contributed by atoms with E-state index in [1.807, 2.05) is 24.3 Å². The van der Waals surface area contributed by atoms with Crippen molar-refractivity contribution in [3.8, 4) is 0 Å². The number of hydrogen-bond acceptors (Lipinski definition) is 3. The van der Waals surface area contributed by atoms with Crippen LogP contribution in [0.25, 0.3) is 5.70 Å². The van der Waals surface area contributed by atoms with Crippen molar-refractivity contribution in [2.45, 2.75) is 19.4 Å². The van der Waals surface area contributed by atoms with Crippen molar-refractivity contribution in [2.75, 3.05) is 6.61 Å². The highest BCUT2D eigenvalue weighted by Gasteiger charge is 2.16. The van der Waals surface area contributed by atoms with Gasteiger partial charge in [0.15, 0.2) is 0 Å². The normalized spacial score (nSPS) is 11.9. The third-order valence-electron chi connectivity index (χ3n) is 2.54.